The molecule has 1 unspecified atom stereocenters. The second-order valence-corrected chi connectivity index (χ2v) is 6.57. The van der Waals surface area contributed by atoms with Crippen molar-refractivity contribution < 1.29 is 4.79 Å². The van der Waals surface area contributed by atoms with Gasteiger partial charge in [0.15, 0.2) is 0 Å². The molecule has 7 heteroatoms. The number of aromatic nitrogens is 2. The monoisotopic (exact) mass is 332 g/mol. The smallest absolute Gasteiger partial charge is 0.225 e. The van der Waals surface area contributed by atoms with Gasteiger partial charge in [0.1, 0.15) is 0 Å². The Hall–Kier alpha value is -1.73. The minimum Gasteiger partial charge on any atom is -0.356 e. The van der Waals surface area contributed by atoms with Crippen molar-refractivity contribution in [2.45, 2.75) is 19.3 Å². The zero-order chi connectivity index (χ0) is 16.6. The molecule has 1 amide bonds. The first-order chi connectivity index (χ1) is 11.8. The summed E-state index contributed by atoms with van der Waals surface area (Å²) in [5.41, 5.74) is 0. The zero-order valence-electron chi connectivity index (χ0n) is 14.3. The van der Waals surface area contributed by atoms with E-state index < -0.39 is 0 Å². The maximum atomic E-state index is 12.1. The van der Waals surface area contributed by atoms with Gasteiger partial charge in [0.25, 0.3) is 0 Å². The average molecular weight is 332 g/mol. The predicted molar refractivity (Wildman–Crippen MR) is 93.9 cm³/mol. The maximum Gasteiger partial charge on any atom is 0.225 e. The third kappa shape index (κ3) is 4.88. The Balaban J connectivity index is 1.29. The second kappa shape index (κ2) is 8.94. The van der Waals surface area contributed by atoms with Crippen LogP contribution in [0.4, 0.5) is 5.95 Å². The molecule has 132 valence electrons. The van der Waals surface area contributed by atoms with Gasteiger partial charge in [-0.1, -0.05) is 0 Å². The molecular weight excluding hydrogens is 304 g/mol. The fourth-order valence-corrected chi connectivity index (χ4v) is 3.36. The van der Waals surface area contributed by atoms with E-state index in [1.807, 2.05) is 6.07 Å². The maximum absolute atomic E-state index is 12.1. The number of piperidine rings is 1. The first-order valence-corrected chi connectivity index (χ1v) is 9.05. The molecule has 0 bridgehead atoms. The molecular formula is C17H28N6O. The van der Waals surface area contributed by atoms with E-state index in [9.17, 15) is 4.79 Å². The number of rotatable bonds is 6. The first-order valence-electron chi connectivity index (χ1n) is 9.05. The molecule has 1 atom stereocenters. The molecule has 1 aromatic rings. The highest BCUT2D eigenvalue weighted by atomic mass is 16.1. The Kier molecular flexibility index (Phi) is 6.37. The minimum atomic E-state index is 0.160. The Bertz CT molecular complexity index is 497. The summed E-state index contributed by atoms with van der Waals surface area (Å²) >= 11 is 0. The predicted octanol–water partition coefficient (Wildman–Crippen LogP) is 0.105. The molecule has 2 aliphatic rings. The van der Waals surface area contributed by atoms with Gasteiger partial charge in [-0.3, -0.25) is 9.69 Å². The Morgan fingerprint density at radius 3 is 2.75 bits per heavy atom. The number of hydrogen-bond acceptors (Lipinski definition) is 6. The molecule has 7 nitrogen and oxygen atoms in total. The van der Waals surface area contributed by atoms with Crippen LogP contribution in [0.5, 0.6) is 0 Å². The quantitative estimate of drug-likeness (QED) is 0.720. The van der Waals surface area contributed by atoms with Crippen molar-refractivity contribution in [3.8, 4) is 0 Å². The van der Waals surface area contributed by atoms with Gasteiger partial charge in [0.2, 0.25) is 11.9 Å². The van der Waals surface area contributed by atoms with Gasteiger partial charge >= 0.3 is 0 Å². The topological polar surface area (TPSA) is 73.4 Å². The van der Waals surface area contributed by atoms with Crippen molar-refractivity contribution >= 4 is 11.9 Å². The molecule has 3 rings (SSSR count). The van der Waals surface area contributed by atoms with Crippen molar-refractivity contribution in [3.63, 3.8) is 0 Å². The average Bonchev–Trinajstić information content (AvgIpc) is 2.67. The number of nitrogens with zero attached hydrogens (tertiary/aromatic N) is 4. The van der Waals surface area contributed by atoms with Crippen molar-refractivity contribution in [2.75, 3.05) is 57.3 Å². The minimum absolute atomic E-state index is 0.160. The lowest BCUT2D eigenvalue weighted by Crippen LogP contribution is -2.47. The zero-order valence-corrected chi connectivity index (χ0v) is 14.3. The summed E-state index contributed by atoms with van der Waals surface area (Å²) in [6.45, 7) is 7.66. The van der Waals surface area contributed by atoms with Crippen molar-refractivity contribution in [1.82, 2.24) is 25.5 Å². The summed E-state index contributed by atoms with van der Waals surface area (Å²) in [5, 5.41) is 6.38. The van der Waals surface area contributed by atoms with E-state index in [4.69, 9.17) is 0 Å². The fourth-order valence-electron chi connectivity index (χ4n) is 3.36. The molecule has 2 N–H and O–H groups in total. The van der Waals surface area contributed by atoms with Crippen molar-refractivity contribution in [1.29, 1.82) is 0 Å². The van der Waals surface area contributed by atoms with E-state index in [0.29, 0.717) is 0 Å². The second-order valence-electron chi connectivity index (χ2n) is 6.57. The normalized spacial score (nSPS) is 22.3. The molecule has 24 heavy (non-hydrogen) atoms. The van der Waals surface area contributed by atoms with Gasteiger partial charge in [-0.25, -0.2) is 9.97 Å². The van der Waals surface area contributed by atoms with E-state index >= 15 is 0 Å². The van der Waals surface area contributed by atoms with Gasteiger partial charge in [0.05, 0.1) is 5.92 Å². The first kappa shape index (κ1) is 17.1. The number of piperazine rings is 1. The molecule has 0 spiro atoms. The number of nitrogens with one attached hydrogen (secondary N) is 2. The molecule has 1 aromatic heterocycles. The van der Waals surface area contributed by atoms with Crippen LogP contribution in [0.1, 0.15) is 19.3 Å². The van der Waals surface area contributed by atoms with Gasteiger partial charge in [-0.15, -0.1) is 0 Å². The molecule has 3 heterocycles. The summed E-state index contributed by atoms with van der Waals surface area (Å²) in [6, 6.07) is 1.84. The van der Waals surface area contributed by atoms with Crippen LogP contribution in [-0.4, -0.2) is 73.1 Å². The lowest BCUT2D eigenvalue weighted by Gasteiger charge is -2.34. The van der Waals surface area contributed by atoms with Gasteiger partial charge in [-0.2, -0.15) is 0 Å². The van der Waals surface area contributed by atoms with Crippen LogP contribution in [0.2, 0.25) is 0 Å². The van der Waals surface area contributed by atoms with Crippen LogP contribution in [0.25, 0.3) is 0 Å². The Morgan fingerprint density at radius 1 is 1.25 bits per heavy atom. The van der Waals surface area contributed by atoms with Crippen LogP contribution in [-0.2, 0) is 4.79 Å². The molecule has 2 saturated heterocycles. The lowest BCUT2D eigenvalue weighted by molar-refractivity contribution is -0.125. The third-order valence-electron chi connectivity index (χ3n) is 4.83. The standard InChI is InChI=1S/C17H28N6O/c24-16(15-4-1-5-18-14-15)19-8-3-9-22-10-12-23(13-11-22)17-20-6-2-7-21-17/h2,6-7,15,18H,1,3-5,8-14H2,(H,19,24). The van der Waals surface area contributed by atoms with E-state index in [1.165, 1.54) is 0 Å². The molecule has 2 fully saturated rings. The highest BCUT2D eigenvalue weighted by Crippen LogP contribution is 2.11. The van der Waals surface area contributed by atoms with Gasteiger partial charge in [-0.05, 0) is 38.4 Å². The summed E-state index contributed by atoms with van der Waals surface area (Å²) in [7, 11) is 0. The highest BCUT2D eigenvalue weighted by molar-refractivity contribution is 5.78. The van der Waals surface area contributed by atoms with E-state index in [0.717, 1.165) is 77.6 Å². The fraction of sp³-hybridized carbons (Fsp3) is 0.706. The van der Waals surface area contributed by atoms with E-state index in [2.05, 4.69) is 30.4 Å². The molecule has 0 radical (unpaired) electrons. The van der Waals surface area contributed by atoms with E-state index in [-0.39, 0.29) is 11.8 Å². The molecule has 2 aliphatic heterocycles. The number of anilines is 1. The number of amides is 1. The number of carbonyl (C=O) groups is 1. The number of hydrogen-bond donors (Lipinski definition) is 2. The molecule has 0 aliphatic carbocycles. The van der Waals surface area contributed by atoms with Crippen LogP contribution in [0.3, 0.4) is 0 Å². The summed E-state index contributed by atoms with van der Waals surface area (Å²) in [5.74, 6) is 1.20. The lowest BCUT2D eigenvalue weighted by atomic mass is 9.99. The summed E-state index contributed by atoms with van der Waals surface area (Å²) in [4.78, 5) is 25.4. The Labute approximate surface area is 143 Å². The third-order valence-corrected chi connectivity index (χ3v) is 4.83. The molecule has 0 aromatic carbocycles. The molecule has 0 saturated carbocycles. The van der Waals surface area contributed by atoms with Crippen molar-refractivity contribution in [3.05, 3.63) is 18.5 Å². The van der Waals surface area contributed by atoms with Crippen LogP contribution in [0, 0.1) is 5.92 Å². The SMILES string of the molecule is O=C(NCCCN1CCN(c2ncccn2)CC1)C1CCCNC1. The highest BCUT2D eigenvalue weighted by Gasteiger charge is 2.21. The summed E-state index contributed by atoms with van der Waals surface area (Å²) in [6.07, 6.45) is 6.71. The van der Waals surface area contributed by atoms with Crippen LogP contribution >= 0.6 is 0 Å². The van der Waals surface area contributed by atoms with E-state index in [1.54, 1.807) is 12.4 Å². The Morgan fingerprint density at radius 2 is 2.04 bits per heavy atom. The van der Waals surface area contributed by atoms with Gasteiger partial charge < -0.3 is 15.5 Å². The van der Waals surface area contributed by atoms with Crippen LogP contribution in [0.15, 0.2) is 18.5 Å². The summed E-state index contributed by atoms with van der Waals surface area (Å²) < 4.78 is 0. The number of carbonyl (C=O) groups excluding carboxylic acids is 1. The largest absolute Gasteiger partial charge is 0.356 e. The van der Waals surface area contributed by atoms with Gasteiger partial charge in [0, 0.05) is 51.7 Å². The van der Waals surface area contributed by atoms with Crippen molar-refractivity contribution in [2.24, 2.45) is 5.92 Å². The van der Waals surface area contributed by atoms with Crippen LogP contribution < -0.4 is 15.5 Å².